The fourth-order valence-corrected chi connectivity index (χ4v) is 3.06. The third-order valence-corrected chi connectivity index (χ3v) is 4.12. The Morgan fingerprint density at radius 2 is 1.95 bits per heavy atom. The van der Waals surface area contributed by atoms with Crippen molar-refractivity contribution in [3.05, 3.63) is 52.8 Å². The fraction of sp³-hybridized carbons (Fsp3) is 0.154. The second-order valence-corrected chi connectivity index (χ2v) is 6.53. The normalized spacial score (nSPS) is 11.3. The number of hydrogen-bond donors (Lipinski definition) is 2. The summed E-state index contributed by atoms with van der Waals surface area (Å²) in [6, 6.07) is 8.29. The van der Waals surface area contributed by atoms with Crippen molar-refractivity contribution < 1.29 is 8.42 Å². The number of nitrogens with zero attached hydrogens (tertiary/aromatic N) is 1. The molecular weight excluding hydrogens is 298 g/mol. The molecule has 1 heterocycles. The molecule has 0 aliphatic carbocycles. The van der Waals surface area contributed by atoms with Crippen LogP contribution in [0.2, 0.25) is 5.15 Å². The van der Waals surface area contributed by atoms with Crippen molar-refractivity contribution in [2.45, 2.75) is 12.7 Å². The van der Waals surface area contributed by atoms with Crippen LogP contribution in [0.4, 0.5) is 11.4 Å². The largest absolute Gasteiger partial charge is 0.399 e. The van der Waals surface area contributed by atoms with Gasteiger partial charge in [0.1, 0.15) is 0 Å². The monoisotopic (exact) mass is 311 g/mol. The van der Waals surface area contributed by atoms with E-state index >= 15 is 0 Å². The average molecular weight is 312 g/mol. The summed E-state index contributed by atoms with van der Waals surface area (Å²) < 4.78 is 26.6. The van der Waals surface area contributed by atoms with Crippen molar-refractivity contribution in [1.29, 1.82) is 0 Å². The number of pyridine rings is 1. The van der Waals surface area contributed by atoms with Crippen LogP contribution in [0.1, 0.15) is 11.1 Å². The molecule has 0 aliphatic heterocycles. The molecule has 2 rings (SSSR count). The third kappa shape index (κ3) is 3.85. The molecule has 0 atom stereocenters. The molecule has 0 bridgehead atoms. The number of aryl methyl sites for hydroxylation is 1. The number of sulfonamides is 1. The second kappa shape index (κ2) is 5.68. The topological polar surface area (TPSA) is 85.1 Å². The Labute approximate surface area is 122 Å². The highest BCUT2D eigenvalue weighted by molar-refractivity contribution is 7.91. The van der Waals surface area contributed by atoms with Crippen LogP contribution in [-0.2, 0) is 15.8 Å². The summed E-state index contributed by atoms with van der Waals surface area (Å²) in [5.74, 6) is -0.155. The molecule has 0 fully saturated rings. The van der Waals surface area contributed by atoms with Crippen LogP contribution < -0.4 is 10.5 Å². The molecule has 0 radical (unpaired) electrons. The van der Waals surface area contributed by atoms with Gasteiger partial charge in [0.25, 0.3) is 0 Å². The lowest BCUT2D eigenvalue weighted by molar-refractivity contribution is 0.600. The molecular formula is C13H14ClN3O2S. The first-order valence-electron chi connectivity index (χ1n) is 5.83. The minimum atomic E-state index is -3.56. The number of nitrogen functional groups attached to an aromatic ring is 1. The van der Waals surface area contributed by atoms with E-state index in [1.807, 2.05) is 0 Å². The standard InChI is InChI=1S/C13H14ClN3O2S/c1-9-6-12(13(14)16-7-9)17-20(18,19)8-10-2-4-11(15)5-3-10/h2-7,17H,8,15H2,1H3. The molecule has 1 aromatic heterocycles. The Kier molecular flexibility index (Phi) is 4.15. The van der Waals surface area contributed by atoms with Crippen molar-refractivity contribution in [1.82, 2.24) is 4.98 Å². The minimum Gasteiger partial charge on any atom is -0.399 e. The number of rotatable bonds is 4. The highest BCUT2D eigenvalue weighted by atomic mass is 35.5. The summed E-state index contributed by atoms with van der Waals surface area (Å²) in [4.78, 5) is 3.90. The summed E-state index contributed by atoms with van der Waals surface area (Å²) in [5.41, 5.74) is 7.89. The molecule has 106 valence electrons. The highest BCUT2D eigenvalue weighted by Gasteiger charge is 2.14. The van der Waals surface area contributed by atoms with Gasteiger partial charge in [-0.2, -0.15) is 0 Å². The Morgan fingerprint density at radius 3 is 2.60 bits per heavy atom. The smallest absolute Gasteiger partial charge is 0.237 e. The van der Waals surface area contributed by atoms with Crippen LogP contribution in [0.15, 0.2) is 36.5 Å². The molecule has 0 amide bonds. The molecule has 0 spiro atoms. The number of nitrogens with two attached hydrogens (primary N) is 1. The van der Waals surface area contributed by atoms with Crippen LogP contribution in [0, 0.1) is 6.92 Å². The summed E-state index contributed by atoms with van der Waals surface area (Å²) in [5, 5.41) is 0.122. The van der Waals surface area contributed by atoms with E-state index in [9.17, 15) is 8.42 Å². The zero-order chi connectivity index (χ0) is 14.8. The van der Waals surface area contributed by atoms with Gasteiger partial charge in [-0.05, 0) is 36.2 Å². The summed E-state index contributed by atoms with van der Waals surface area (Å²) in [7, 11) is -3.56. The molecule has 5 nitrogen and oxygen atoms in total. The van der Waals surface area contributed by atoms with Gasteiger partial charge in [-0.25, -0.2) is 13.4 Å². The minimum absolute atomic E-state index is 0.122. The molecule has 7 heteroatoms. The van der Waals surface area contributed by atoms with Crippen molar-refractivity contribution in [2.24, 2.45) is 0 Å². The van der Waals surface area contributed by atoms with E-state index in [0.29, 0.717) is 11.3 Å². The number of nitrogens with one attached hydrogen (secondary N) is 1. The first-order chi connectivity index (χ1) is 9.35. The Hall–Kier alpha value is -1.79. The SMILES string of the molecule is Cc1cnc(Cl)c(NS(=O)(=O)Cc2ccc(N)cc2)c1. The van der Waals surface area contributed by atoms with Crippen LogP contribution in [0.5, 0.6) is 0 Å². The molecule has 0 saturated carbocycles. The summed E-state index contributed by atoms with van der Waals surface area (Å²) >= 11 is 5.87. The van der Waals surface area contributed by atoms with Crippen molar-refractivity contribution in [2.75, 3.05) is 10.5 Å². The first-order valence-corrected chi connectivity index (χ1v) is 7.86. The number of benzene rings is 1. The molecule has 2 aromatic rings. The Bertz CT molecular complexity index is 715. The van der Waals surface area contributed by atoms with Gasteiger partial charge in [0.15, 0.2) is 5.15 Å². The van der Waals surface area contributed by atoms with Gasteiger partial charge in [0.2, 0.25) is 10.0 Å². The number of halogens is 1. The van der Waals surface area contributed by atoms with Crippen molar-refractivity contribution in [3.63, 3.8) is 0 Å². The lowest BCUT2D eigenvalue weighted by Crippen LogP contribution is -2.15. The number of aromatic nitrogens is 1. The van der Waals surface area contributed by atoms with E-state index in [0.717, 1.165) is 5.56 Å². The van der Waals surface area contributed by atoms with Gasteiger partial charge >= 0.3 is 0 Å². The van der Waals surface area contributed by atoms with Gasteiger partial charge in [-0.1, -0.05) is 23.7 Å². The predicted octanol–water partition coefficient (Wildman–Crippen LogP) is 2.57. The summed E-state index contributed by atoms with van der Waals surface area (Å²) in [6.45, 7) is 1.81. The lowest BCUT2D eigenvalue weighted by Gasteiger charge is -2.10. The van der Waals surface area contributed by atoms with Crippen molar-refractivity contribution >= 4 is 33.0 Å². The second-order valence-electron chi connectivity index (χ2n) is 4.45. The van der Waals surface area contributed by atoms with E-state index in [1.165, 1.54) is 0 Å². The van der Waals surface area contributed by atoms with E-state index in [1.54, 1.807) is 43.5 Å². The van der Waals surface area contributed by atoms with Gasteiger partial charge in [-0.3, -0.25) is 4.72 Å². The van der Waals surface area contributed by atoms with Gasteiger partial charge < -0.3 is 5.73 Å². The average Bonchev–Trinajstić information content (AvgIpc) is 2.36. The van der Waals surface area contributed by atoms with Crippen molar-refractivity contribution in [3.8, 4) is 0 Å². The van der Waals surface area contributed by atoms with Crippen LogP contribution in [0.3, 0.4) is 0 Å². The molecule has 0 saturated heterocycles. The maximum atomic E-state index is 12.1. The first kappa shape index (κ1) is 14.6. The van der Waals surface area contributed by atoms with Gasteiger partial charge in [-0.15, -0.1) is 0 Å². The predicted molar refractivity (Wildman–Crippen MR) is 81.1 cm³/mol. The zero-order valence-corrected chi connectivity index (χ0v) is 12.4. The Balaban J connectivity index is 2.19. The third-order valence-electron chi connectivity index (χ3n) is 2.58. The van der Waals surface area contributed by atoms with Crippen LogP contribution in [0.25, 0.3) is 0 Å². The maximum absolute atomic E-state index is 12.1. The van der Waals surface area contributed by atoms with E-state index < -0.39 is 10.0 Å². The zero-order valence-electron chi connectivity index (χ0n) is 10.8. The van der Waals surface area contributed by atoms with Crippen LogP contribution >= 0.6 is 11.6 Å². The molecule has 20 heavy (non-hydrogen) atoms. The number of anilines is 2. The van der Waals surface area contributed by atoms with Gasteiger partial charge in [0.05, 0.1) is 11.4 Å². The van der Waals surface area contributed by atoms with E-state index in [2.05, 4.69) is 9.71 Å². The van der Waals surface area contributed by atoms with Gasteiger partial charge in [0, 0.05) is 11.9 Å². The molecule has 3 N–H and O–H groups in total. The maximum Gasteiger partial charge on any atom is 0.237 e. The Morgan fingerprint density at radius 1 is 1.30 bits per heavy atom. The van der Waals surface area contributed by atoms with Crippen LogP contribution in [-0.4, -0.2) is 13.4 Å². The lowest BCUT2D eigenvalue weighted by atomic mass is 10.2. The quantitative estimate of drug-likeness (QED) is 0.671. The molecule has 0 aliphatic rings. The highest BCUT2D eigenvalue weighted by Crippen LogP contribution is 2.22. The molecule has 1 aromatic carbocycles. The summed E-state index contributed by atoms with van der Waals surface area (Å²) in [6.07, 6.45) is 1.57. The van der Waals surface area contributed by atoms with E-state index in [-0.39, 0.29) is 16.6 Å². The fourth-order valence-electron chi connectivity index (χ4n) is 1.66. The molecule has 0 unspecified atom stereocenters. The number of hydrogen-bond acceptors (Lipinski definition) is 4. The van der Waals surface area contributed by atoms with E-state index in [4.69, 9.17) is 17.3 Å².